The Hall–Kier alpha value is -1.39. The number of rotatable bonds is 8. The van der Waals surface area contributed by atoms with Gasteiger partial charge in [0.15, 0.2) is 8.68 Å². The van der Waals surface area contributed by atoms with Gasteiger partial charge in [-0.05, 0) is 29.1 Å². The highest BCUT2D eigenvalue weighted by atomic mass is 32.2. The van der Waals surface area contributed by atoms with E-state index in [1.54, 1.807) is 64.6 Å². The van der Waals surface area contributed by atoms with Crippen molar-refractivity contribution in [2.24, 2.45) is 0 Å². The third kappa shape index (κ3) is 5.11. The summed E-state index contributed by atoms with van der Waals surface area (Å²) in [6, 6.07) is 12.3. The first-order valence-electron chi connectivity index (χ1n) is 8.00. The average molecular weight is 450 g/mol. The van der Waals surface area contributed by atoms with Gasteiger partial charge in [0.2, 0.25) is 0 Å². The Morgan fingerprint density at radius 1 is 0.963 bits per heavy atom. The molecule has 3 heterocycles. The molecule has 0 radical (unpaired) electrons. The van der Waals surface area contributed by atoms with Gasteiger partial charge < -0.3 is 4.74 Å². The molecular weight excluding hydrogens is 435 g/mol. The van der Waals surface area contributed by atoms with Crippen molar-refractivity contribution in [3.63, 3.8) is 0 Å². The van der Waals surface area contributed by atoms with Crippen LogP contribution in [0.2, 0.25) is 0 Å². The number of thioether (sulfide) groups is 2. The van der Waals surface area contributed by atoms with Crippen LogP contribution in [0.1, 0.15) is 11.3 Å². The standard InChI is InChI=1S/C18H15N3OS5/c1-22-14-6-4-12(5-7-14)9-25-17-20-21-18(27-17)26-11-13-10-24-16(19-13)15-3-2-8-23-15/h2-8,10H,9,11H2,1H3. The molecule has 0 aliphatic heterocycles. The Labute approximate surface area is 178 Å². The van der Waals surface area contributed by atoms with Crippen LogP contribution in [0.15, 0.2) is 55.8 Å². The number of nitrogens with zero attached hydrogens (tertiary/aromatic N) is 3. The number of aromatic nitrogens is 3. The van der Waals surface area contributed by atoms with E-state index in [4.69, 9.17) is 9.72 Å². The first-order valence-corrected chi connectivity index (χ1v) is 12.5. The van der Waals surface area contributed by atoms with Crippen molar-refractivity contribution in [3.05, 3.63) is 58.4 Å². The second kappa shape index (κ2) is 9.20. The van der Waals surface area contributed by atoms with Crippen LogP contribution in [0, 0.1) is 0 Å². The summed E-state index contributed by atoms with van der Waals surface area (Å²) < 4.78 is 7.16. The monoisotopic (exact) mass is 449 g/mol. The second-order valence-corrected chi connectivity index (χ2v) is 10.6. The van der Waals surface area contributed by atoms with Gasteiger partial charge in [0.1, 0.15) is 10.8 Å². The van der Waals surface area contributed by atoms with E-state index in [0.717, 1.165) is 36.6 Å². The molecule has 0 amide bonds. The largest absolute Gasteiger partial charge is 0.497 e. The molecule has 1 aromatic carbocycles. The molecule has 0 N–H and O–H groups in total. The van der Waals surface area contributed by atoms with E-state index in [2.05, 4.69) is 45.2 Å². The molecule has 3 aromatic heterocycles. The van der Waals surface area contributed by atoms with Crippen molar-refractivity contribution in [1.29, 1.82) is 0 Å². The van der Waals surface area contributed by atoms with Crippen molar-refractivity contribution in [2.45, 2.75) is 20.2 Å². The van der Waals surface area contributed by atoms with E-state index >= 15 is 0 Å². The maximum atomic E-state index is 5.19. The highest BCUT2D eigenvalue weighted by Crippen LogP contribution is 2.34. The summed E-state index contributed by atoms with van der Waals surface area (Å²) >= 11 is 8.46. The topological polar surface area (TPSA) is 47.9 Å². The zero-order valence-corrected chi connectivity index (χ0v) is 18.4. The lowest BCUT2D eigenvalue weighted by Crippen LogP contribution is -1.84. The molecule has 4 aromatic rings. The fraction of sp³-hybridized carbons (Fsp3) is 0.167. The molecule has 9 heteroatoms. The molecule has 0 saturated carbocycles. The summed E-state index contributed by atoms with van der Waals surface area (Å²) in [5.41, 5.74) is 2.34. The first-order chi connectivity index (χ1) is 13.3. The minimum absolute atomic E-state index is 0.819. The predicted octanol–water partition coefficient (Wildman–Crippen LogP) is 6.32. The van der Waals surface area contributed by atoms with Crippen LogP contribution in [-0.2, 0) is 11.5 Å². The molecule has 4 rings (SSSR count). The number of hydrogen-bond acceptors (Lipinski definition) is 9. The van der Waals surface area contributed by atoms with Gasteiger partial charge in [-0.15, -0.1) is 32.9 Å². The number of ether oxygens (including phenoxy) is 1. The maximum absolute atomic E-state index is 5.19. The van der Waals surface area contributed by atoms with Crippen LogP contribution < -0.4 is 4.74 Å². The lowest BCUT2D eigenvalue weighted by molar-refractivity contribution is 0.414. The molecule has 27 heavy (non-hydrogen) atoms. The molecule has 0 spiro atoms. The quantitative estimate of drug-likeness (QED) is 0.294. The zero-order chi connectivity index (χ0) is 18.5. The Morgan fingerprint density at radius 3 is 2.44 bits per heavy atom. The van der Waals surface area contributed by atoms with Crippen LogP contribution in [0.25, 0.3) is 9.88 Å². The Balaban J connectivity index is 1.29. The van der Waals surface area contributed by atoms with E-state index in [9.17, 15) is 0 Å². The SMILES string of the molecule is COc1ccc(CSc2nnc(SCc3csc(-c4cccs4)n3)s2)cc1. The van der Waals surface area contributed by atoms with Crippen LogP contribution in [0.4, 0.5) is 0 Å². The number of thiophene rings is 1. The Bertz CT molecular complexity index is 979. The number of methoxy groups -OCH3 is 1. The first kappa shape index (κ1) is 18.9. The Kier molecular flexibility index (Phi) is 6.46. The summed E-state index contributed by atoms with van der Waals surface area (Å²) in [4.78, 5) is 5.94. The van der Waals surface area contributed by atoms with Gasteiger partial charge in [0.25, 0.3) is 0 Å². The van der Waals surface area contributed by atoms with Gasteiger partial charge in [-0.25, -0.2) is 4.98 Å². The summed E-state index contributed by atoms with van der Waals surface area (Å²) in [6.45, 7) is 0. The van der Waals surface area contributed by atoms with E-state index < -0.39 is 0 Å². The molecule has 0 unspecified atom stereocenters. The molecule has 4 nitrogen and oxygen atoms in total. The van der Waals surface area contributed by atoms with Crippen molar-refractivity contribution >= 4 is 57.5 Å². The van der Waals surface area contributed by atoms with Gasteiger partial charge >= 0.3 is 0 Å². The van der Waals surface area contributed by atoms with E-state index in [0.29, 0.717) is 0 Å². The van der Waals surface area contributed by atoms with E-state index in [1.165, 1.54) is 10.4 Å². The summed E-state index contributed by atoms with van der Waals surface area (Å²) in [5.74, 6) is 2.57. The van der Waals surface area contributed by atoms with Crippen molar-refractivity contribution < 1.29 is 4.74 Å². The zero-order valence-electron chi connectivity index (χ0n) is 14.3. The van der Waals surface area contributed by atoms with E-state index in [-0.39, 0.29) is 0 Å². The molecular formula is C18H15N3OS5. The normalized spacial score (nSPS) is 11.0. The van der Waals surface area contributed by atoms with Crippen LogP contribution in [0.3, 0.4) is 0 Å². The third-order valence-electron chi connectivity index (χ3n) is 3.54. The van der Waals surface area contributed by atoms with Crippen molar-refractivity contribution in [3.8, 4) is 15.6 Å². The van der Waals surface area contributed by atoms with Crippen LogP contribution in [0.5, 0.6) is 5.75 Å². The van der Waals surface area contributed by atoms with Crippen LogP contribution in [-0.4, -0.2) is 22.3 Å². The third-order valence-corrected chi connectivity index (χ3v) is 8.76. The van der Waals surface area contributed by atoms with Crippen molar-refractivity contribution in [2.75, 3.05) is 7.11 Å². The average Bonchev–Trinajstić information content (AvgIpc) is 3.46. The van der Waals surface area contributed by atoms with Gasteiger partial charge in [-0.1, -0.05) is 53.1 Å². The molecule has 0 aliphatic carbocycles. The number of thiazole rings is 1. The molecule has 0 aliphatic rings. The van der Waals surface area contributed by atoms with Gasteiger partial charge in [0, 0.05) is 16.9 Å². The fourth-order valence-electron chi connectivity index (χ4n) is 2.20. The lowest BCUT2D eigenvalue weighted by atomic mass is 10.2. The van der Waals surface area contributed by atoms with Crippen LogP contribution >= 0.6 is 57.5 Å². The molecule has 0 atom stereocenters. The molecule has 0 saturated heterocycles. The van der Waals surface area contributed by atoms with Gasteiger partial charge in [0.05, 0.1) is 17.7 Å². The molecule has 0 bridgehead atoms. The summed E-state index contributed by atoms with van der Waals surface area (Å²) in [6.07, 6.45) is 0. The number of hydrogen-bond donors (Lipinski definition) is 0. The second-order valence-electron chi connectivity index (χ2n) is 5.38. The Morgan fingerprint density at radius 2 is 1.74 bits per heavy atom. The number of benzene rings is 1. The predicted molar refractivity (Wildman–Crippen MR) is 117 cm³/mol. The highest BCUT2D eigenvalue weighted by Gasteiger charge is 2.09. The van der Waals surface area contributed by atoms with Gasteiger partial charge in [-0.2, -0.15) is 0 Å². The lowest BCUT2D eigenvalue weighted by Gasteiger charge is -2.01. The summed E-state index contributed by atoms with van der Waals surface area (Å²) in [7, 11) is 1.68. The summed E-state index contributed by atoms with van der Waals surface area (Å²) in [5, 5.41) is 13.9. The smallest absolute Gasteiger partial charge is 0.175 e. The highest BCUT2D eigenvalue weighted by molar-refractivity contribution is 8.02. The minimum Gasteiger partial charge on any atom is -0.497 e. The van der Waals surface area contributed by atoms with E-state index in [1.807, 2.05) is 12.1 Å². The van der Waals surface area contributed by atoms with Crippen molar-refractivity contribution in [1.82, 2.24) is 15.2 Å². The molecule has 138 valence electrons. The fourth-order valence-corrected chi connectivity index (χ4v) is 6.81. The van der Waals surface area contributed by atoms with Gasteiger partial charge in [-0.3, -0.25) is 0 Å². The maximum Gasteiger partial charge on any atom is 0.175 e. The minimum atomic E-state index is 0.819. The molecule has 0 fully saturated rings.